The fraction of sp³-hybridized carbons (Fsp3) is 0.667. The second-order valence-electron chi connectivity index (χ2n) is 4.21. The van der Waals surface area contributed by atoms with Crippen LogP contribution in [0.2, 0.25) is 0 Å². The zero-order valence-electron chi connectivity index (χ0n) is 10.3. The Morgan fingerprint density at radius 3 is 2.88 bits per heavy atom. The van der Waals surface area contributed by atoms with E-state index in [0.717, 1.165) is 12.4 Å². The lowest BCUT2D eigenvalue weighted by Crippen LogP contribution is -2.43. The minimum Gasteiger partial charge on any atom is -0.478 e. The highest BCUT2D eigenvalue weighted by Gasteiger charge is 2.25. The summed E-state index contributed by atoms with van der Waals surface area (Å²) in [6.45, 7) is 4.06. The Labute approximate surface area is 102 Å². The number of rotatable bonds is 6. The normalized spacial score (nSPS) is 15.4. The summed E-state index contributed by atoms with van der Waals surface area (Å²) in [6, 6.07) is 2.49. The summed E-state index contributed by atoms with van der Waals surface area (Å²) in [7, 11) is 0. The quantitative estimate of drug-likeness (QED) is 0.804. The van der Waals surface area contributed by atoms with Crippen LogP contribution in [0.1, 0.15) is 26.2 Å². The molecule has 1 aromatic heterocycles. The molecule has 0 aliphatic heterocycles. The van der Waals surface area contributed by atoms with Gasteiger partial charge < -0.3 is 15.4 Å². The first-order chi connectivity index (χ1) is 8.35. The van der Waals surface area contributed by atoms with Crippen molar-refractivity contribution in [3.63, 3.8) is 0 Å². The number of nitrogens with zero attached hydrogens (tertiary/aromatic N) is 3. The van der Waals surface area contributed by atoms with Crippen LogP contribution >= 0.6 is 0 Å². The maximum atomic E-state index is 5.66. The van der Waals surface area contributed by atoms with Crippen LogP contribution < -0.4 is 15.4 Å². The van der Waals surface area contributed by atoms with Gasteiger partial charge in [0.05, 0.1) is 6.61 Å². The van der Waals surface area contributed by atoms with E-state index in [1.165, 1.54) is 19.3 Å². The molecular weight excluding hydrogens is 216 g/mol. The highest BCUT2D eigenvalue weighted by atomic mass is 16.5. The molecule has 94 valence electrons. The minimum atomic E-state index is 0.586. The van der Waals surface area contributed by atoms with Gasteiger partial charge in [0.1, 0.15) is 12.1 Å². The van der Waals surface area contributed by atoms with Crippen molar-refractivity contribution in [3.05, 3.63) is 12.4 Å². The molecular formula is C12H20N4O. The minimum absolute atomic E-state index is 0.586. The SMILES string of the molecule is CCOc1cc(N(CCN)C2CCC2)ncn1. The molecule has 0 amide bonds. The molecule has 2 rings (SSSR count). The first-order valence-electron chi connectivity index (χ1n) is 6.26. The zero-order chi connectivity index (χ0) is 12.1. The van der Waals surface area contributed by atoms with Gasteiger partial charge in [0, 0.05) is 25.2 Å². The third-order valence-electron chi connectivity index (χ3n) is 3.10. The van der Waals surface area contributed by atoms with Crippen molar-refractivity contribution < 1.29 is 4.74 Å². The summed E-state index contributed by atoms with van der Waals surface area (Å²) >= 11 is 0. The van der Waals surface area contributed by atoms with E-state index in [-0.39, 0.29) is 0 Å². The number of hydrogen-bond donors (Lipinski definition) is 1. The predicted octanol–water partition coefficient (Wildman–Crippen LogP) is 1.19. The lowest BCUT2D eigenvalue weighted by molar-refractivity contribution is 0.325. The molecule has 0 bridgehead atoms. The molecule has 1 aliphatic rings. The average molecular weight is 236 g/mol. The second kappa shape index (κ2) is 5.82. The van der Waals surface area contributed by atoms with Crippen molar-refractivity contribution in [1.29, 1.82) is 0 Å². The topological polar surface area (TPSA) is 64.3 Å². The molecule has 1 saturated carbocycles. The van der Waals surface area contributed by atoms with Gasteiger partial charge in [-0.15, -0.1) is 0 Å². The van der Waals surface area contributed by atoms with E-state index >= 15 is 0 Å². The Hall–Kier alpha value is -1.36. The summed E-state index contributed by atoms with van der Waals surface area (Å²) in [6.07, 6.45) is 5.32. The molecule has 1 aliphatic carbocycles. The molecule has 17 heavy (non-hydrogen) atoms. The van der Waals surface area contributed by atoms with Crippen molar-refractivity contribution >= 4 is 5.82 Å². The standard InChI is InChI=1S/C12H20N4O/c1-2-17-12-8-11(14-9-15-12)16(7-6-13)10-4-3-5-10/h8-10H,2-7,13H2,1H3. The summed E-state index contributed by atoms with van der Waals surface area (Å²) in [5, 5.41) is 0. The summed E-state index contributed by atoms with van der Waals surface area (Å²) in [5.74, 6) is 1.57. The Morgan fingerprint density at radius 2 is 2.29 bits per heavy atom. The van der Waals surface area contributed by atoms with E-state index in [0.29, 0.717) is 25.1 Å². The fourth-order valence-electron chi connectivity index (χ4n) is 2.04. The summed E-state index contributed by atoms with van der Waals surface area (Å²) in [5.41, 5.74) is 5.66. The highest BCUT2D eigenvalue weighted by Crippen LogP contribution is 2.28. The van der Waals surface area contributed by atoms with Crippen LogP contribution in [0.4, 0.5) is 5.82 Å². The molecule has 0 radical (unpaired) electrons. The molecule has 0 unspecified atom stereocenters. The summed E-state index contributed by atoms with van der Waals surface area (Å²) < 4.78 is 5.40. The predicted molar refractivity (Wildman–Crippen MR) is 67.2 cm³/mol. The van der Waals surface area contributed by atoms with Gasteiger partial charge >= 0.3 is 0 Å². The smallest absolute Gasteiger partial charge is 0.218 e. The molecule has 5 nitrogen and oxygen atoms in total. The largest absolute Gasteiger partial charge is 0.478 e. The van der Waals surface area contributed by atoms with Crippen molar-refractivity contribution in [1.82, 2.24) is 9.97 Å². The van der Waals surface area contributed by atoms with E-state index < -0.39 is 0 Å². The van der Waals surface area contributed by atoms with Crippen molar-refractivity contribution in [2.24, 2.45) is 5.73 Å². The van der Waals surface area contributed by atoms with Gasteiger partial charge in [-0.25, -0.2) is 9.97 Å². The van der Waals surface area contributed by atoms with Gasteiger partial charge in [0.25, 0.3) is 0 Å². The highest BCUT2D eigenvalue weighted by molar-refractivity contribution is 5.42. The number of nitrogens with two attached hydrogens (primary N) is 1. The van der Waals surface area contributed by atoms with E-state index in [9.17, 15) is 0 Å². The second-order valence-corrected chi connectivity index (χ2v) is 4.21. The maximum Gasteiger partial charge on any atom is 0.218 e. The van der Waals surface area contributed by atoms with Gasteiger partial charge in [0.2, 0.25) is 5.88 Å². The van der Waals surface area contributed by atoms with Gasteiger partial charge in [-0.2, -0.15) is 0 Å². The van der Waals surface area contributed by atoms with Crippen LogP contribution in [0.5, 0.6) is 5.88 Å². The van der Waals surface area contributed by atoms with Gasteiger partial charge in [-0.1, -0.05) is 0 Å². The molecule has 5 heteroatoms. The molecule has 0 saturated heterocycles. The Kier molecular flexibility index (Phi) is 4.14. The van der Waals surface area contributed by atoms with Gasteiger partial charge in [-0.05, 0) is 26.2 Å². The molecule has 0 aromatic carbocycles. The number of hydrogen-bond acceptors (Lipinski definition) is 5. The van der Waals surface area contributed by atoms with E-state index in [2.05, 4.69) is 14.9 Å². The molecule has 1 aromatic rings. The lowest BCUT2D eigenvalue weighted by atomic mass is 9.91. The van der Waals surface area contributed by atoms with Crippen molar-refractivity contribution in [3.8, 4) is 5.88 Å². The van der Waals surface area contributed by atoms with Gasteiger partial charge in [0.15, 0.2) is 0 Å². The zero-order valence-corrected chi connectivity index (χ0v) is 10.3. The molecule has 1 fully saturated rings. The Balaban J connectivity index is 2.13. The molecule has 1 heterocycles. The Bertz CT molecular complexity index is 354. The van der Waals surface area contributed by atoms with Crippen molar-refractivity contribution in [2.45, 2.75) is 32.2 Å². The van der Waals surface area contributed by atoms with Gasteiger partial charge in [-0.3, -0.25) is 0 Å². The molecule has 0 atom stereocenters. The third kappa shape index (κ3) is 2.85. The molecule has 0 spiro atoms. The first-order valence-corrected chi connectivity index (χ1v) is 6.26. The number of aromatic nitrogens is 2. The van der Waals surface area contributed by atoms with E-state index in [4.69, 9.17) is 10.5 Å². The average Bonchev–Trinajstić information content (AvgIpc) is 2.27. The van der Waals surface area contributed by atoms with E-state index in [1.54, 1.807) is 6.33 Å². The number of anilines is 1. The van der Waals surface area contributed by atoms with Crippen LogP contribution in [0.3, 0.4) is 0 Å². The van der Waals surface area contributed by atoms with Crippen molar-refractivity contribution in [2.75, 3.05) is 24.6 Å². The lowest BCUT2D eigenvalue weighted by Gasteiger charge is -2.38. The van der Waals surface area contributed by atoms with Crippen LogP contribution in [0, 0.1) is 0 Å². The van der Waals surface area contributed by atoms with Crippen LogP contribution in [-0.2, 0) is 0 Å². The van der Waals surface area contributed by atoms with Crippen LogP contribution in [0.15, 0.2) is 12.4 Å². The monoisotopic (exact) mass is 236 g/mol. The first kappa shape index (κ1) is 12.1. The number of ether oxygens (including phenoxy) is 1. The Morgan fingerprint density at radius 1 is 1.47 bits per heavy atom. The summed E-state index contributed by atoms with van der Waals surface area (Å²) in [4.78, 5) is 10.7. The fourth-order valence-corrected chi connectivity index (χ4v) is 2.04. The third-order valence-corrected chi connectivity index (χ3v) is 3.10. The van der Waals surface area contributed by atoms with Crippen LogP contribution in [-0.4, -0.2) is 35.7 Å². The van der Waals surface area contributed by atoms with Crippen LogP contribution in [0.25, 0.3) is 0 Å². The maximum absolute atomic E-state index is 5.66. The van der Waals surface area contributed by atoms with E-state index in [1.807, 2.05) is 13.0 Å². The molecule has 2 N–H and O–H groups in total.